The van der Waals surface area contributed by atoms with Crippen LogP contribution in [0.1, 0.15) is 36.1 Å². The Morgan fingerprint density at radius 1 is 0.848 bits per heavy atom. The van der Waals surface area contributed by atoms with Gasteiger partial charge >= 0.3 is 0 Å². The highest BCUT2D eigenvalue weighted by atomic mass is 79.9. The molecule has 1 atom stereocenters. The minimum Gasteiger partial charge on any atom is -0.495 e. The second kappa shape index (κ2) is 15.4. The normalized spacial score (nSPS) is 12.0. The van der Waals surface area contributed by atoms with Gasteiger partial charge in [0.2, 0.25) is 11.8 Å². The lowest BCUT2D eigenvalue weighted by Gasteiger charge is -2.34. The van der Waals surface area contributed by atoms with Crippen LogP contribution in [-0.2, 0) is 32.6 Å². The van der Waals surface area contributed by atoms with Crippen molar-refractivity contribution in [1.29, 1.82) is 0 Å². The molecule has 8 nitrogen and oxygen atoms in total. The Bertz CT molecular complexity index is 1760. The van der Waals surface area contributed by atoms with Gasteiger partial charge in [0.25, 0.3) is 10.0 Å². The third kappa shape index (κ3) is 8.76. The maximum Gasteiger partial charge on any atom is 0.264 e. The summed E-state index contributed by atoms with van der Waals surface area (Å²) in [7, 11) is -2.80. The van der Waals surface area contributed by atoms with Crippen LogP contribution in [0.5, 0.6) is 5.75 Å². The van der Waals surface area contributed by atoms with Crippen LogP contribution in [0.25, 0.3) is 0 Å². The summed E-state index contributed by atoms with van der Waals surface area (Å²) in [6.45, 7) is 6.94. The summed E-state index contributed by atoms with van der Waals surface area (Å²) in [5, 5.41) is 2.97. The lowest BCUT2D eigenvalue weighted by atomic mass is 10.0. The van der Waals surface area contributed by atoms with E-state index in [9.17, 15) is 18.0 Å². The molecule has 0 spiro atoms. The number of amides is 2. The number of nitrogens with one attached hydrogen (secondary N) is 1. The van der Waals surface area contributed by atoms with Crippen molar-refractivity contribution >= 4 is 43.5 Å². The Kier molecular flexibility index (Phi) is 11.6. The highest BCUT2D eigenvalue weighted by molar-refractivity contribution is 9.10. The number of anilines is 1. The van der Waals surface area contributed by atoms with Crippen LogP contribution in [0.3, 0.4) is 0 Å². The fourth-order valence-corrected chi connectivity index (χ4v) is 6.98. The Hall–Kier alpha value is -4.15. The van der Waals surface area contributed by atoms with Gasteiger partial charge in [0, 0.05) is 23.5 Å². The summed E-state index contributed by atoms with van der Waals surface area (Å²) in [5.74, 6) is -0.576. The first kappa shape index (κ1) is 34.7. The van der Waals surface area contributed by atoms with E-state index in [0.29, 0.717) is 5.75 Å². The number of carbonyl (C=O) groups is 2. The summed E-state index contributed by atoms with van der Waals surface area (Å²) in [6, 6.07) is 27.5. The second-order valence-corrected chi connectivity index (χ2v) is 14.3. The SMILES string of the molecule is COc1ccc(C)cc1N(CC(=O)N(Cc1cccc(Br)c1)[C@H](Cc1ccccc1)C(=O)NC(C)C)S(=O)(=O)c1ccc(C)cc1. The lowest BCUT2D eigenvalue weighted by molar-refractivity contribution is -0.140. The maximum absolute atomic E-state index is 14.6. The van der Waals surface area contributed by atoms with E-state index in [1.807, 2.05) is 88.4 Å². The number of rotatable bonds is 13. The van der Waals surface area contributed by atoms with E-state index in [2.05, 4.69) is 21.2 Å². The van der Waals surface area contributed by atoms with Crippen LogP contribution in [0, 0.1) is 13.8 Å². The van der Waals surface area contributed by atoms with Gasteiger partial charge in [0.1, 0.15) is 18.3 Å². The van der Waals surface area contributed by atoms with Crippen LogP contribution in [-0.4, -0.2) is 50.9 Å². The summed E-state index contributed by atoms with van der Waals surface area (Å²) in [6.07, 6.45) is 0.234. The number of hydrogen-bond acceptors (Lipinski definition) is 5. The number of hydrogen-bond donors (Lipinski definition) is 1. The molecule has 0 aromatic heterocycles. The van der Waals surface area contributed by atoms with E-state index < -0.39 is 28.5 Å². The molecule has 2 amide bonds. The zero-order chi connectivity index (χ0) is 33.4. The number of aryl methyl sites for hydroxylation is 2. The topological polar surface area (TPSA) is 96.0 Å². The van der Waals surface area contributed by atoms with E-state index in [0.717, 1.165) is 31.0 Å². The van der Waals surface area contributed by atoms with Crippen LogP contribution in [0.2, 0.25) is 0 Å². The number of halogens is 1. The van der Waals surface area contributed by atoms with Gasteiger partial charge in [-0.1, -0.05) is 82.2 Å². The predicted octanol–water partition coefficient (Wildman–Crippen LogP) is 6.43. The third-order valence-electron chi connectivity index (χ3n) is 7.43. The fraction of sp³-hybridized carbons (Fsp3) is 0.278. The van der Waals surface area contributed by atoms with Gasteiger partial charge < -0.3 is 15.0 Å². The zero-order valence-electron chi connectivity index (χ0n) is 26.7. The minimum absolute atomic E-state index is 0.0337. The van der Waals surface area contributed by atoms with Crippen LogP contribution < -0.4 is 14.4 Å². The molecule has 0 bridgehead atoms. The highest BCUT2D eigenvalue weighted by Gasteiger charge is 2.35. The largest absolute Gasteiger partial charge is 0.495 e. The highest BCUT2D eigenvalue weighted by Crippen LogP contribution is 2.34. The average Bonchev–Trinajstić information content (AvgIpc) is 3.01. The summed E-state index contributed by atoms with van der Waals surface area (Å²) in [4.78, 5) is 30.0. The van der Waals surface area contributed by atoms with Gasteiger partial charge in [-0.25, -0.2) is 8.42 Å². The molecule has 0 aliphatic rings. The number of benzene rings is 4. The molecule has 0 aliphatic heterocycles. The molecule has 1 N–H and O–H groups in total. The molecule has 0 aliphatic carbocycles. The van der Waals surface area contributed by atoms with Crippen molar-refractivity contribution in [3.05, 3.63) is 124 Å². The molecule has 0 unspecified atom stereocenters. The molecule has 46 heavy (non-hydrogen) atoms. The Morgan fingerprint density at radius 3 is 2.13 bits per heavy atom. The zero-order valence-corrected chi connectivity index (χ0v) is 29.1. The maximum atomic E-state index is 14.6. The Labute approximate surface area is 280 Å². The molecule has 4 aromatic carbocycles. The van der Waals surface area contributed by atoms with E-state index in [1.165, 1.54) is 24.1 Å². The molecule has 0 saturated carbocycles. The molecule has 10 heteroatoms. The molecule has 242 valence electrons. The summed E-state index contributed by atoms with van der Waals surface area (Å²) in [5.41, 5.74) is 3.55. The van der Waals surface area contributed by atoms with Gasteiger partial charge in [0.15, 0.2) is 0 Å². The van der Waals surface area contributed by atoms with Crippen molar-refractivity contribution in [2.75, 3.05) is 18.0 Å². The van der Waals surface area contributed by atoms with E-state index in [-0.39, 0.29) is 35.5 Å². The Balaban J connectivity index is 1.86. The van der Waals surface area contributed by atoms with Gasteiger partial charge in [-0.05, 0) is 80.8 Å². The van der Waals surface area contributed by atoms with Crippen molar-refractivity contribution in [1.82, 2.24) is 10.2 Å². The van der Waals surface area contributed by atoms with Gasteiger partial charge in [-0.15, -0.1) is 0 Å². The third-order valence-corrected chi connectivity index (χ3v) is 9.70. The number of methoxy groups -OCH3 is 1. The van der Waals surface area contributed by atoms with Crippen LogP contribution in [0.15, 0.2) is 106 Å². The van der Waals surface area contributed by atoms with Crippen molar-refractivity contribution in [3.63, 3.8) is 0 Å². The molecule has 0 fully saturated rings. The molecule has 0 heterocycles. The number of ether oxygens (including phenoxy) is 1. The quantitative estimate of drug-likeness (QED) is 0.173. The Morgan fingerprint density at radius 2 is 1.50 bits per heavy atom. The average molecular weight is 707 g/mol. The molecule has 0 saturated heterocycles. The fourth-order valence-electron chi connectivity index (χ4n) is 5.11. The van der Waals surface area contributed by atoms with Crippen molar-refractivity contribution < 1.29 is 22.7 Å². The van der Waals surface area contributed by atoms with Crippen molar-refractivity contribution in [2.45, 2.75) is 57.6 Å². The second-order valence-electron chi connectivity index (χ2n) is 11.5. The number of nitrogens with zero attached hydrogens (tertiary/aromatic N) is 2. The first-order valence-electron chi connectivity index (χ1n) is 15.0. The van der Waals surface area contributed by atoms with E-state index in [4.69, 9.17) is 4.74 Å². The monoisotopic (exact) mass is 705 g/mol. The van der Waals surface area contributed by atoms with Crippen molar-refractivity contribution in [2.24, 2.45) is 0 Å². The molecule has 0 radical (unpaired) electrons. The minimum atomic E-state index is -4.25. The van der Waals surface area contributed by atoms with E-state index in [1.54, 1.807) is 24.3 Å². The smallest absolute Gasteiger partial charge is 0.264 e. The summed E-state index contributed by atoms with van der Waals surface area (Å²) >= 11 is 3.51. The number of sulfonamides is 1. The van der Waals surface area contributed by atoms with Gasteiger partial charge in [0.05, 0.1) is 17.7 Å². The first-order chi connectivity index (χ1) is 21.9. The predicted molar refractivity (Wildman–Crippen MR) is 185 cm³/mol. The first-order valence-corrected chi connectivity index (χ1v) is 17.2. The van der Waals surface area contributed by atoms with E-state index >= 15 is 0 Å². The van der Waals surface area contributed by atoms with Crippen LogP contribution in [0.4, 0.5) is 5.69 Å². The standard InChI is InChI=1S/C36H40BrN3O5S/c1-25(2)38-36(42)33(22-28-10-7-6-8-11-28)39(23-29-12-9-13-30(37)21-29)35(41)24-40(32-20-27(4)16-19-34(32)45-5)46(43,44)31-17-14-26(3)15-18-31/h6-21,25,33H,22-24H2,1-5H3,(H,38,42)/t33-/m1/s1. The van der Waals surface area contributed by atoms with Gasteiger partial charge in [-0.3, -0.25) is 13.9 Å². The van der Waals surface area contributed by atoms with Gasteiger partial charge in [-0.2, -0.15) is 0 Å². The molecule has 4 rings (SSSR count). The molecule has 4 aromatic rings. The lowest BCUT2D eigenvalue weighted by Crippen LogP contribution is -2.54. The summed E-state index contributed by atoms with van der Waals surface area (Å²) < 4.78 is 36.2. The number of carbonyl (C=O) groups excluding carboxylic acids is 2. The van der Waals surface area contributed by atoms with Crippen LogP contribution >= 0.6 is 15.9 Å². The molecular formula is C36H40BrN3O5S. The molecular weight excluding hydrogens is 666 g/mol. The van der Waals surface area contributed by atoms with Crippen molar-refractivity contribution in [3.8, 4) is 5.75 Å².